The molecule has 2 N–H and O–H groups in total. The first kappa shape index (κ1) is 14.5. The second-order valence-corrected chi connectivity index (χ2v) is 6.80. The van der Waals surface area contributed by atoms with Gasteiger partial charge in [0.15, 0.2) is 0 Å². The van der Waals surface area contributed by atoms with Crippen molar-refractivity contribution in [3.63, 3.8) is 0 Å². The third kappa shape index (κ3) is 3.79. The van der Waals surface area contributed by atoms with Crippen molar-refractivity contribution in [3.05, 3.63) is 29.8 Å². The molecule has 0 radical (unpaired) electrons. The number of benzene rings is 1. The van der Waals surface area contributed by atoms with Crippen LogP contribution in [0.1, 0.15) is 24.8 Å². The van der Waals surface area contributed by atoms with E-state index in [1.165, 1.54) is 12.1 Å². The van der Waals surface area contributed by atoms with Crippen molar-refractivity contribution in [2.75, 3.05) is 13.1 Å². The zero-order valence-electron chi connectivity index (χ0n) is 10.7. The van der Waals surface area contributed by atoms with Gasteiger partial charge in [0.25, 0.3) is 0 Å². The van der Waals surface area contributed by atoms with Crippen LogP contribution in [0.3, 0.4) is 0 Å². The number of nitrogens with zero attached hydrogens (tertiary/aromatic N) is 1. The van der Waals surface area contributed by atoms with Crippen LogP contribution in [0.25, 0.3) is 0 Å². The molecule has 1 fully saturated rings. The van der Waals surface area contributed by atoms with E-state index in [1.54, 1.807) is 16.4 Å². The van der Waals surface area contributed by atoms with E-state index >= 15 is 0 Å². The lowest BCUT2D eigenvalue weighted by atomic mass is 9.80. The Hall–Kier alpha value is -0.885. The largest absolute Gasteiger partial charge is 0.488 e. The Labute approximate surface area is 114 Å². The van der Waals surface area contributed by atoms with Gasteiger partial charge in [-0.15, -0.1) is 0 Å². The average Bonchev–Trinajstić information content (AvgIpc) is 2.40. The normalized spacial score (nSPS) is 17.4. The topological polar surface area (TPSA) is 77.8 Å². The van der Waals surface area contributed by atoms with Crippen LogP contribution in [0.5, 0.6) is 0 Å². The molecule has 0 spiro atoms. The number of piperidine rings is 1. The molecule has 0 unspecified atom stereocenters. The molecule has 7 heteroatoms. The van der Waals surface area contributed by atoms with Crippen molar-refractivity contribution in [3.8, 4) is 0 Å². The van der Waals surface area contributed by atoms with Gasteiger partial charge in [-0.2, -0.15) is 0 Å². The van der Waals surface area contributed by atoms with Crippen LogP contribution in [0.4, 0.5) is 0 Å². The first-order valence-corrected chi connectivity index (χ1v) is 8.03. The molecular formula is C12H18BNO4S. The van der Waals surface area contributed by atoms with Gasteiger partial charge in [-0.3, -0.25) is 0 Å². The Morgan fingerprint density at radius 1 is 1.05 bits per heavy atom. The van der Waals surface area contributed by atoms with Crippen LogP contribution < -0.4 is 5.46 Å². The van der Waals surface area contributed by atoms with Gasteiger partial charge < -0.3 is 10.0 Å². The molecule has 1 aromatic carbocycles. The van der Waals surface area contributed by atoms with E-state index in [-0.39, 0.29) is 5.75 Å². The lowest BCUT2D eigenvalue weighted by Gasteiger charge is -2.25. The number of rotatable bonds is 4. The van der Waals surface area contributed by atoms with Gasteiger partial charge in [0.1, 0.15) is 0 Å². The highest BCUT2D eigenvalue weighted by Gasteiger charge is 2.24. The van der Waals surface area contributed by atoms with Crippen LogP contribution in [0.15, 0.2) is 24.3 Å². The van der Waals surface area contributed by atoms with Crippen molar-refractivity contribution in [2.45, 2.75) is 25.0 Å². The number of hydrogen-bond donors (Lipinski definition) is 2. The molecule has 0 amide bonds. The highest BCUT2D eigenvalue weighted by Crippen LogP contribution is 2.16. The van der Waals surface area contributed by atoms with Crippen molar-refractivity contribution < 1.29 is 18.5 Å². The lowest BCUT2D eigenvalue weighted by Crippen LogP contribution is -2.36. The minimum atomic E-state index is -3.26. The van der Waals surface area contributed by atoms with Gasteiger partial charge in [0.2, 0.25) is 10.0 Å². The van der Waals surface area contributed by atoms with Crippen molar-refractivity contribution in [2.24, 2.45) is 0 Å². The van der Waals surface area contributed by atoms with Crippen LogP contribution in [-0.2, 0) is 15.8 Å². The van der Waals surface area contributed by atoms with E-state index in [9.17, 15) is 8.42 Å². The SMILES string of the molecule is O=S(=O)(Cc1ccc(B(O)O)cc1)N1CCCCC1. The van der Waals surface area contributed by atoms with Crippen LogP contribution >= 0.6 is 0 Å². The fourth-order valence-corrected chi connectivity index (χ4v) is 3.84. The van der Waals surface area contributed by atoms with E-state index in [1.807, 2.05) is 0 Å². The van der Waals surface area contributed by atoms with Gasteiger partial charge in [0.05, 0.1) is 5.75 Å². The summed E-state index contributed by atoms with van der Waals surface area (Å²) in [5.74, 6) is -0.0329. The Bertz CT molecular complexity index is 509. The molecule has 0 saturated carbocycles. The fraction of sp³-hybridized carbons (Fsp3) is 0.500. The van der Waals surface area contributed by atoms with Gasteiger partial charge in [-0.1, -0.05) is 30.7 Å². The van der Waals surface area contributed by atoms with Crippen molar-refractivity contribution in [1.29, 1.82) is 0 Å². The van der Waals surface area contributed by atoms with Crippen molar-refractivity contribution >= 4 is 22.6 Å². The summed E-state index contributed by atoms with van der Waals surface area (Å²) >= 11 is 0. The molecule has 0 bridgehead atoms. The van der Waals surface area contributed by atoms with Gasteiger partial charge in [-0.05, 0) is 23.9 Å². The van der Waals surface area contributed by atoms with Gasteiger partial charge >= 0.3 is 7.12 Å². The quantitative estimate of drug-likeness (QED) is 0.743. The summed E-state index contributed by atoms with van der Waals surface area (Å²) in [6.07, 6.45) is 2.94. The Morgan fingerprint density at radius 2 is 1.63 bits per heavy atom. The average molecular weight is 283 g/mol. The minimum Gasteiger partial charge on any atom is -0.423 e. The summed E-state index contributed by atoms with van der Waals surface area (Å²) in [6.45, 7) is 1.21. The molecule has 1 aliphatic rings. The first-order valence-electron chi connectivity index (χ1n) is 6.42. The Morgan fingerprint density at radius 3 is 2.16 bits per heavy atom. The molecule has 104 valence electrons. The summed E-state index contributed by atoms with van der Waals surface area (Å²) in [7, 11) is -4.78. The second-order valence-electron chi connectivity index (χ2n) is 4.83. The second kappa shape index (κ2) is 6.05. The molecule has 0 aliphatic carbocycles. The Balaban J connectivity index is 2.06. The van der Waals surface area contributed by atoms with E-state index in [4.69, 9.17) is 10.0 Å². The molecule has 1 heterocycles. The minimum absolute atomic E-state index is 0.0329. The predicted octanol–water partition coefficient (Wildman–Crippen LogP) is -0.318. The summed E-state index contributed by atoms with van der Waals surface area (Å²) < 4.78 is 25.9. The molecule has 1 aliphatic heterocycles. The smallest absolute Gasteiger partial charge is 0.423 e. The molecule has 1 aromatic rings. The van der Waals surface area contributed by atoms with E-state index in [2.05, 4.69) is 0 Å². The molecule has 2 rings (SSSR count). The number of sulfonamides is 1. The van der Waals surface area contributed by atoms with E-state index < -0.39 is 17.1 Å². The fourth-order valence-electron chi connectivity index (χ4n) is 2.23. The highest BCUT2D eigenvalue weighted by molar-refractivity contribution is 7.88. The van der Waals surface area contributed by atoms with Crippen LogP contribution in [-0.4, -0.2) is 43.0 Å². The lowest BCUT2D eigenvalue weighted by molar-refractivity contribution is 0.346. The molecule has 19 heavy (non-hydrogen) atoms. The maximum Gasteiger partial charge on any atom is 0.488 e. The van der Waals surface area contributed by atoms with Gasteiger partial charge in [0, 0.05) is 13.1 Å². The first-order chi connectivity index (χ1) is 8.99. The van der Waals surface area contributed by atoms with Gasteiger partial charge in [-0.25, -0.2) is 12.7 Å². The van der Waals surface area contributed by atoms with Crippen molar-refractivity contribution in [1.82, 2.24) is 4.31 Å². The molecule has 5 nitrogen and oxygen atoms in total. The third-order valence-electron chi connectivity index (χ3n) is 3.34. The maximum atomic E-state index is 12.2. The summed E-state index contributed by atoms with van der Waals surface area (Å²) in [6, 6.07) is 6.31. The third-order valence-corrected chi connectivity index (χ3v) is 5.19. The van der Waals surface area contributed by atoms with E-state index in [0.29, 0.717) is 24.1 Å². The summed E-state index contributed by atoms with van der Waals surface area (Å²) in [5.41, 5.74) is 1.02. The standard InChI is InChI=1S/C12H18BNO4S/c15-13(16)12-6-4-11(5-7-12)10-19(17,18)14-8-2-1-3-9-14/h4-7,15-16H,1-3,8-10H2. The summed E-state index contributed by atoms with van der Waals surface area (Å²) in [4.78, 5) is 0. The zero-order chi connectivity index (χ0) is 13.9. The Kier molecular flexibility index (Phi) is 4.62. The highest BCUT2D eigenvalue weighted by atomic mass is 32.2. The van der Waals surface area contributed by atoms with Crippen LogP contribution in [0, 0.1) is 0 Å². The molecule has 0 aromatic heterocycles. The zero-order valence-corrected chi connectivity index (χ0v) is 11.5. The number of hydrogen-bond acceptors (Lipinski definition) is 4. The van der Waals surface area contributed by atoms with E-state index in [0.717, 1.165) is 19.3 Å². The van der Waals surface area contributed by atoms with Crippen LogP contribution in [0.2, 0.25) is 0 Å². The molecular weight excluding hydrogens is 265 g/mol. The predicted molar refractivity (Wildman–Crippen MR) is 74.3 cm³/mol. The molecule has 0 atom stereocenters. The summed E-state index contributed by atoms with van der Waals surface area (Å²) in [5, 5.41) is 18.0. The maximum absolute atomic E-state index is 12.2. The molecule has 1 saturated heterocycles. The monoisotopic (exact) mass is 283 g/mol.